The average Bonchev–Trinajstić information content (AvgIpc) is 3.63. The van der Waals surface area contributed by atoms with Crippen molar-refractivity contribution in [3.05, 3.63) is 41.5 Å². The van der Waals surface area contributed by atoms with Crippen molar-refractivity contribution in [3.8, 4) is 5.75 Å². The van der Waals surface area contributed by atoms with Gasteiger partial charge in [0.25, 0.3) is 0 Å². The number of carbonyl (C=O) groups excluding carboxylic acids is 4. The Kier molecular flexibility index (Phi) is 10.5. The third kappa shape index (κ3) is 7.35. The van der Waals surface area contributed by atoms with Crippen LogP contribution in [0.2, 0.25) is 0 Å². The summed E-state index contributed by atoms with van der Waals surface area (Å²) in [5.74, 6) is -0.310. The molecule has 5 aliphatic rings. The fourth-order valence-electron chi connectivity index (χ4n) is 11.1. The summed E-state index contributed by atoms with van der Waals surface area (Å²) in [5.41, 5.74) is 1.80. The number of aryl methyl sites for hydroxylation is 1. The number of esters is 4. The topological polar surface area (TPSA) is 142 Å². The van der Waals surface area contributed by atoms with Crippen LogP contribution in [0.3, 0.4) is 0 Å². The van der Waals surface area contributed by atoms with Crippen molar-refractivity contribution in [3.63, 3.8) is 0 Å². The van der Waals surface area contributed by atoms with E-state index in [-0.39, 0.29) is 65.6 Å². The molecule has 10 nitrogen and oxygen atoms in total. The van der Waals surface area contributed by atoms with Crippen LogP contribution in [0.5, 0.6) is 5.75 Å². The number of fused-ring (bicyclic) bond motifs is 5. The molecule has 272 valence electrons. The normalized spacial score (nSPS) is 35.0. The van der Waals surface area contributed by atoms with Crippen LogP contribution in [-0.2, 0) is 44.6 Å². The third-order valence-corrected chi connectivity index (χ3v) is 13.4. The summed E-state index contributed by atoms with van der Waals surface area (Å²) in [6.45, 7) is 7.85. The highest BCUT2D eigenvalue weighted by atomic mass is 16.6. The molecule has 6 rings (SSSR count). The van der Waals surface area contributed by atoms with Crippen molar-refractivity contribution in [1.29, 1.82) is 0 Å². The first-order valence-corrected chi connectivity index (χ1v) is 18.5. The van der Waals surface area contributed by atoms with E-state index in [9.17, 15) is 29.1 Å². The molecule has 0 radical (unpaired) electrons. The summed E-state index contributed by atoms with van der Waals surface area (Å²) in [4.78, 5) is 60.6. The van der Waals surface area contributed by atoms with E-state index >= 15 is 0 Å². The number of aliphatic carboxylic acids is 1. The molecule has 0 saturated heterocycles. The molecule has 4 saturated carbocycles. The lowest BCUT2D eigenvalue weighted by atomic mass is 9.44. The summed E-state index contributed by atoms with van der Waals surface area (Å²) in [6, 6.07) is 7.11. The fourth-order valence-corrected chi connectivity index (χ4v) is 11.1. The Hall–Kier alpha value is -3.69. The van der Waals surface area contributed by atoms with E-state index < -0.39 is 11.9 Å². The second-order valence-electron chi connectivity index (χ2n) is 16.1. The largest absolute Gasteiger partial charge is 0.481 e. The van der Waals surface area contributed by atoms with Gasteiger partial charge in [-0.25, -0.2) is 4.79 Å². The zero-order valence-electron chi connectivity index (χ0n) is 29.8. The molecule has 50 heavy (non-hydrogen) atoms. The van der Waals surface area contributed by atoms with Crippen molar-refractivity contribution in [2.24, 2.45) is 46.3 Å². The first-order chi connectivity index (χ1) is 23.8. The van der Waals surface area contributed by atoms with Crippen molar-refractivity contribution in [1.82, 2.24) is 0 Å². The molecule has 1 heterocycles. The van der Waals surface area contributed by atoms with E-state index in [0.717, 1.165) is 62.5 Å². The lowest BCUT2D eigenvalue weighted by molar-refractivity contribution is -0.193. The number of hydrogen-bond acceptors (Lipinski definition) is 9. The number of rotatable bonds is 11. The van der Waals surface area contributed by atoms with Gasteiger partial charge in [0.1, 0.15) is 24.6 Å². The summed E-state index contributed by atoms with van der Waals surface area (Å²) < 4.78 is 22.7. The maximum absolute atomic E-state index is 13.2. The van der Waals surface area contributed by atoms with Crippen molar-refractivity contribution in [2.45, 2.75) is 117 Å². The molecule has 1 aliphatic heterocycles. The van der Waals surface area contributed by atoms with Gasteiger partial charge in [0, 0.05) is 38.2 Å². The Morgan fingerprint density at radius 2 is 1.68 bits per heavy atom. The van der Waals surface area contributed by atoms with E-state index in [2.05, 4.69) is 13.8 Å². The lowest BCUT2D eigenvalue weighted by Gasteiger charge is -2.62. The summed E-state index contributed by atoms with van der Waals surface area (Å²) in [7, 11) is 0. The highest BCUT2D eigenvalue weighted by Crippen LogP contribution is 2.69. The van der Waals surface area contributed by atoms with Gasteiger partial charge in [-0.2, -0.15) is 0 Å². The highest BCUT2D eigenvalue weighted by molar-refractivity contribution is 5.85. The molecular formula is C40H52O10. The van der Waals surface area contributed by atoms with Gasteiger partial charge >= 0.3 is 29.8 Å². The van der Waals surface area contributed by atoms with E-state index in [1.165, 1.54) is 13.8 Å². The Labute approximate surface area is 294 Å². The summed E-state index contributed by atoms with van der Waals surface area (Å²) >= 11 is 0. The monoisotopic (exact) mass is 692 g/mol. The zero-order chi connectivity index (χ0) is 35.8. The number of carbonyl (C=O) groups is 5. The molecule has 1 unspecified atom stereocenters. The fraction of sp³-hybridized carbons (Fsp3) is 0.675. The molecule has 0 aromatic heterocycles. The molecule has 10 atom stereocenters. The first-order valence-electron chi connectivity index (χ1n) is 18.5. The number of benzene rings is 1. The second kappa shape index (κ2) is 14.5. The van der Waals surface area contributed by atoms with Gasteiger partial charge in [-0.05, 0) is 128 Å². The van der Waals surface area contributed by atoms with Crippen LogP contribution in [0.15, 0.2) is 35.9 Å². The lowest BCUT2D eigenvalue weighted by Crippen LogP contribution is -2.59. The van der Waals surface area contributed by atoms with E-state index in [1.807, 2.05) is 12.1 Å². The van der Waals surface area contributed by atoms with Crippen LogP contribution in [0.1, 0.15) is 104 Å². The molecule has 4 fully saturated rings. The van der Waals surface area contributed by atoms with Gasteiger partial charge in [-0.3, -0.25) is 19.2 Å². The molecule has 10 heteroatoms. The molecule has 1 aromatic rings. The van der Waals surface area contributed by atoms with E-state index in [0.29, 0.717) is 48.9 Å². The maximum Gasteiger partial charge on any atom is 0.331 e. The predicted molar refractivity (Wildman–Crippen MR) is 182 cm³/mol. The molecule has 4 aliphatic carbocycles. The molecule has 1 aromatic carbocycles. The number of cyclic esters (lactones) is 1. The molecule has 1 N–H and O–H groups in total. The van der Waals surface area contributed by atoms with Crippen LogP contribution in [0.25, 0.3) is 0 Å². The highest BCUT2D eigenvalue weighted by Gasteiger charge is 2.65. The SMILES string of the molecule is CC(=O)Oc1ccc(CCC(CC(=O)O)CC(=O)O[C@H]2CC[C@@]3(C)[C@H](CC[C@@H]4[C@@H]3C[C@@H](OC(C)=O)[C@]3(C)[C@@H](C5=CC(=O)OC5)CC[C@@H]43)C2)cc1. The Balaban J connectivity index is 1.08. The van der Waals surface area contributed by atoms with Gasteiger partial charge in [0.2, 0.25) is 0 Å². The first kappa shape index (κ1) is 36.1. The van der Waals surface area contributed by atoms with Gasteiger partial charge in [-0.1, -0.05) is 26.0 Å². The Morgan fingerprint density at radius 3 is 2.34 bits per heavy atom. The predicted octanol–water partition coefficient (Wildman–Crippen LogP) is 6.62. The Morgan fingerprint density at radius 1 is 0.920 bits per heavy atom. The summed E-state index contributed by atoms with van der Waals surface area (Å²) in [6.07, 6.45) is 9.72. The number of carboxylic acid groups (broad SMARTS) is 1. The third-order valence-electron chi connectivity index (χ3n) is 13.4. The van der Waals surface area contributed by atoms with Crippen LogP contribution in [0.4, 0.5) is 0 Å². The van der Waals surface area contributed by atoms with Gasteiger partial charge in [0.05, 0.1) is 0 Å². The minimum Gasteiger partial charge on any atom is -0.481 e. The molecule has 0 spiro atoms. The number of carboxylic acids is 1. The van der Waals surface area contributed by atoms with Gasteiger partial charge in [-0.15, -0.1) is 0 Å². The number of ether oxygens (including phenoxy) is 4. The minimum absolute atomic E-state index is 0.0339. The average molecular weight is 693 g/mol. The number of hydrogen-bond donors (Lipinski definition) is 1. The van der Waals surface area contributed by atoms with Crippen molar-refractivity contribution >= 4 is 29.8 Å². The minimum atomic E-state index is -0.941. The van der Waals surface area contributed by atoms with Crippen LogP contribution in [-0.4, -0.2) is 53.8 Å². The van der Waals surface area contributed by atoms with E-state index in [4.69, 9.17) is 18.9 Å². The van der Waals surface area contributed by atoms with E-state index in [1.54, 1.807) is 18.2 Å². The van der Waals surface area contributed by atoms with Gasteiger partial charge < -0.3 is 24.1 Å². The second-order valence-corrected chi connectivity index (χ2v) is 16.1. The molecule has 0 bridgehead atoms. The zero-order valence-corrected chi connectivity index (χ0v) is 29.8. The van der Waals surface area contributed by atoms with Crippen LogP contribution in [0, 0.1) is 46.3 Å². The smallest absolute Gasteiger partial charge is 0.331 e. The van der Waals surface area contributed by atoms with Crippen LogP contribution >= 0.6 is 0 Å². The van der Waals surface area contributed by atoms with Crippen LogP contribution < -0.4 is 4.74 Å². The quantitative estimate of drug-likeness (QED) is 0.153. The summed E-state index contributed by atoms with van der Waals surface area (Å²) in [5, 5.41) is 9.56. The molecular weight excluding hydrogens is 640 g/mol. The van der Waals surface area contributed by atoms with Gasteiger partial charge in [0.15, 0.2) is 0 Å². The van der Waals surface area contributed by atoms with Crippen molar-refractivity contribution < 1.29 is 48.0 Å². The Bertz CT molecular complexity index is 1510. The van der Waals surface area contributed by atoms with Crippen molar-refractivity contribution in [2.75, 3.05) is 6.61 Å². The standard InChI is InChI=1S/C40H52O10/c1-23(41)48-29-10-7-25(8-11-29)5-6-26(17-36(43)44)18-38(46)50-30-15-16-39(3)28(20-30)9-12-31-33-14-13-32(27-19-37(45)47-22-27)40(33,4)35(21-34(31)39)49-24(2)42/h7-8,10-11,19,26,28,30-35H,5-6,9,12-18,20-22H2,1-4H3,(H,43,44)/t26?,28-,30+,31+,32-,33+,34+,35-,39+,40-/m1/s1. The molecule has 0 amide bonds. The maximum atomic E-state index is 13.2.